The van der Waals surface area contributed by atoms with Crippen LogP contribution in [0.25, 0.3) is 0 Å². The molecule has 0 bridgehead atoms. The van der Waals surface area contributed by atoms with Crippen molar-refractivity contribution in [1.29, 1.82) is 0 Å². The summed E-state index contributed by atoms with van der Waals surface area (Å²) in [6.45, 7) is 3.05. The minimum absolute atomic E-state index is 0.751. The Balaban J connectivity index is 1.44. The van der Waals surface area contributed by atoms with Gasteiger partial charge >= 0.3 is 0 Å². The summed E-state index contributed by atoms with van der Waals surface area (Å²) in [7, 11) is 2.18. The first kappa shape index (κ1) is 11.3. The quantitative estimate of drug-likeness (QED) is 0.785. The van der Waals surface area contributed by atoms with Crippen molar-refractivity contribution < 1.29 is 4.42 Å². The van der Waals surface area contributed by atoms with Crippen molar-refractivity contribution in [2.45, 2.75) is 44.8 Å². The van der Waals surface area contributed by atoms with Gasteiger partial charge in [-0.05, 0) is 50.8 Å². The number of hydrogen-bond acceptors (Lipinski definition) is 3. The summed E-state index contributed by atoms with van der Waals surface area (Å²) in [4.78, 5) is 2.37. The van der Waals surface area contributed by atoms with Crippen LogP contribution in [0.1, 0.15) is 37.2 Å². The molecule has 2 fully saturated rings. The first-order chi connectivity index (χ1) is 8.29. The molecule has 0 saturated heterocycles. The fraction of sp³-hybridized carbons (Fsp3) is 0.714. The summed E-state index contributed by atoms with van der Waals surface area (Å²) >= 11 is 0. The molecule has 0 spiro atoms. The molecule has 2 saturated carbocycles. The van der Waals surface area contributed by atoms with E-state index in [4.69, 9.17) is 4.42 Å². The molecule has 0 amide bonds. The lowest BCUT2D eigenvalue weighted by atomic mass is 10.3. The van der Waals surface area contributed by atoms with E-state index in [0.29, 0.717) is 0 Å². The Morgan fingerprint density at radius 3 is 2.71 bits per heavy atom. The minimum atomic E-state index is 0.751. The molecular weight excluding hydrogens is 212 g/mol. The topological polar surface area (TPSA) is 28.4 Å². The number of furan rings is 1. The second-order valence-corrected chi connectivity index (χ2v) is 5.66. The maximum atomic E-state index is 5.83. The Morgan fingerprint density at radius 2 is 2.00 bits per heavy atom. The third-order valence-electron chi connectivity index (χ3n) is 3.55. The molecular formula is C14H22N2O. The second-order valence-electron chi connectivity index (χ2n) is 5.66. The Labute approximate surface area is 103 Å². The van der Waals surface area contributed by atoms with Gasteiger partial charge in [0.15, 0.2) is 0 Å². The van der Waals surface area contributed by atoms with E-state index in [0.717, 1.165) is 36.6 Å². The highest BCUT2D eigenvalue weighted by Gasteiger charge is 2.23. The van der Waals surface area contributed by atoms with Gasteiger partial charge in [0.1, 0.15) is 11.5 Å². The van der Waals surface area contributed by atoms with Crippen LogP contribution in [0.5, 0.6) is 0 Å². The van der Waals surface area contributed by atoms with Crippen LogP contribution in [0.2, 0.25) is 0 Å². The molecule has 1 aromatic rings. The van der Waals surface area contributed by atoms with Crippen LogP contribution in [0.4, 0.5) is 0 Å². The zero-order chi connectivity index (χ0) is 11.7. The van der Waals surface area contributed by atoms with Crippen LogP contribution >= 0.6 is 0 Å². The van der Waals surface area contributed by atoms with Gasteiger partial charge in [0.05, 0.1) is 13.1 Å². The molecule has 17 heavy (non-hydrogen) atoms. The van der Waals surface area contributed by atoms with Gasteiger partial charge in [-0.25, -0.2) is 0 Å². The smallest absolute Gasteiger partial charge is 0.118 e. The van der Waals surface area contributed by atoms with E-state index in [1.807, 2.05) is 0 Å². The number of nitrogens with one attached hydrogen (secondary N) is 1. The molecule has 0 atom stereocenters. The van der Waals surface area contributed by atoms with Crippen LogP contribution in [-0.4, -0.2) is 24.5 Å². The van der Waals surface area contributed by atoms with Crippen molar-refractivity contribution in [3.63, 3.8) is 0 Å². The summed E-state index contributed by atoms with van der Waals surface area (Å²) in [5.41, 5.74) is 0. The number of nitrogens with zero attached hydrogens (tertiary/aromatic N) is 1. The predicted molar refractivity (Wildman–Crippen MR) is 67.6 cm³/mol. The Bertz CT molecular complexity index is 366. The molecule has 1 heterocycles. The molecule has 0 radical (unpaired) electrons. The van der Waals surface area contributed by atoms with Gasteiger partial charge in [0.25, 0.3) is 0 Å². The fourth-order valence-corrected chi connectivity index (χ4v) is 2.21. The van der Waals surface area contributed by atoms with Gasteiger partial charge in [-0.2, -0.15) is 0 Å². The monoisotopic (exact) mass is 234 g/mol. The number of rotatable bonds is 7. The SMILES string of the molecule is CN(Cc1ccc(CNC2CC2)o1)CC1CC1. The van der Waals surface area contributed by atoms with Crippen molar-refractivity contribution in [3.05, 3.63) is 23.7 Å². The molecule has 1 aromatic heterocycles. The van der Waals surface area contributed by atoms with E-state index in [9.17, 15) is 0 Å². The van der Waals surface area contributed by atoms with Crippen LogP contribution in [0, 0.1) is 5.92 Å². The van der Waals surface area contributed by atoms with E-state index in [1.165, 1.54) is 32.2 Å². The summed E-state index contributed by atoms with van der Waals surface area (Å²) < 4.78 is 5.83. The fourth-order valence-electron chi connectivity index (χ4n) is 2.21. The molecule has 0 aromatic carbocycles. The van der Waals surface area contributed by atoms with Gasteiger partial charge in [0.2, 0.25) is 0 Å². The zero-order valence-electron chi connectivity index (χ0n) is 10.6. The lowest BCUT2D eigenvalue weighted by molar-refractivity contribution is 0.279. The highest BCUT2D eigenvalue weighted by atomic mass is 16.3. The van der Waals surface area contributed by atoms with Crippen molar-refractivity contribution in [2.75, 3.05) is 13.6 Å². The van der Waals surface area contributed by atoms with Crippen molar-refractivity contribution in [1.82, 2.24) is 10.2 Å². The average Bonchev–Trinajstić information content (AvgIpc) is 3.19. The Hall–Kier alpha value is -0.800. The van der Waals surface area contributed by atoms with Gasteiger partial charge in [-0.1, -0.05) is 0 Å². The van der Waals surface area contributed by atoms with E-state index in [1.54, 1.807) is 0 Å². The molecule has 0 unspecified atom stereocenters. The van der Waals surface area contributed by atoms with Gasteiger partial charge in [-0.15, -0.1) is 0 Å². The lowest BCUT2D eigenvalue weighted by Gasteiger charge is -2.13. The normalized spacial score (nSPS) is 20.1. The van der Waals surface area contributed by atoms with E-state index < -0.39 is 0 Å². The highest BCUT2D eigenvalue weighted by molar-refractivity contribution is 5.07. The first-order valence-corrected chi connectivity index (χ1v) is 6.79. The Kier molecular flexibility index (Phi) is 3.21. The highest BCUT2D eigenvalue weighted by Crippen LogP contribution is 2.29. The van der Waals surface area contributed by atoms with Crippen LogP contribution in [-0.2, 0) is 13.1 Å². The van der Waals surface area contributed by atoms with Crippen molar-refractivity contribution >= 4 is 0 Å². The van der Waals surface area contributed by atoms with Crippen molar-refractivity contribution in [2.24, 2.45) is 5.92 Å². The van der Waals surface area contributed by atoms with Crippen LogP contribution < -0.4 is 5.32 Å². The second kappa shape index (κ2) is 4.83. The van der Waals surface area contributed by atoms with Crippen LogP contribution in [0.15, 0.2) is 16.5 Å². The average molecular weight is 234 g/mol. The van der Waals surface area contributed by atoms with E-state index in [2.05, 4.69) is 29.4 Å². The third kappa shape index (κ3) is 3.58. The van der Waals surface area contributed by atoms with Gasteiger partial charge in [-0.3, -0.25) is 4.90 Å². The largest absolute Gasteiger partial charge is 0.463 e. The molecule has 3 nitrogen and oxygen atoms in total. The number of hydrogen-bond donors (Lipinski definition) is 1. The molecule has 0 aliphatic heterocycles. The van der Waals surface area contributed by atoms with Gasteiger partial charge in [0, 0.05) is 12.6 Å². The predicted octanol–water partition coefficient (Wildman–Crippen LogP) is 2.37. The van der Waals surface area contributed by atoms with E-state index in [-0.39, 0.29) is 0 Å². The summed E-state index contributed by atoms with van der Waals surface area (Å²) in [5, 5.41) is 3.47. The summed E-state index contributed by atoms with van der Waals surface area (Å²) in [6.07, 6.45) is 5.49. The maximum absolute atomic E-state index is 5.83. The molecule has 3 rings (SSSR count). The Morgan fingerprint density at radius 1 is 1.24 bits per heavy atom. The van der Waals surface area contributed by atoms with Crippen LogP contribution in [0.3, 0.4) is 0 Å². The first-order valence-electron chi connectivity index (χ1n) is 6.79. The lowest BCUT2D eigenvalue weighted by Crippen LogP contribution is -2.20. The molecule has 1 N–H and O–H groups in total. The van der Waals surface area contributed by atoms with Crippen molar-refractivity contribution in [3.8, 4) is 0 Å². The standard InChI is InChI=1S/C14H22N2O/c1-16(9-11-2-3-11)10-14-7-6-13(17-14)8-15-12-4-5-12/h6-7,11-12,15H,2-5,8-10H2,1H3. The molecule has 2 aliphatic rings. The third-order valence-corrected chi connectivity index (χ3v) is 3.55. The molecule has 94 valence electrons. The molecule has 3 heteroatoms. The van der Waals surface area contributed by atoms with E-state index >= 15 is 0 Å². The van der Waals surface area contributed by atoms with Gasteiger partial charge < -0.3 is 9.73 Å². The maximum Gasteiger partial charge on any atom is 0.118 e. The summed E-state index contributed by atoms with van der Waals surface area (Å²) in [6, 6.07) is 4.98. The minimum Gasteiger partial charge on any atom is -0.463 e. The molecule has 2 aliphatic carbocycles. The zero-order valence-corrected chi connectivity index (χ0v) is 10.6. The summed E-state index contributed by atoms with van der Waals surface area (Å²) in [5.74, 6) is 3.12.